The van der Waals surface area contributed by atoms with Gasteiger partial charge in [0.25, 0.3) is 5.91 Å². The summed E-state index contributed by atoms with van der Waals surface area (Å²) in [6.07, 6.45) is 6.04. The van der Waals surface area contributed by atoms with Crippen LogP contribution < -0.4 is 27.8 Å². The molecule has 0 spiro atoms. The van der Waals surface area contributed by atoms with E-state index in [1.54, 1.807) is 18.3 Å². The second-order valence-corrected chi connectivity index (χ2v) is 12.3. The van der Waals surface area contributed by atoms with Crippen molar-refractivity contribution in [2.45, 2.75) is 70.1 Å². The average molecular weight is 561 g/mol. The Morgan fingerprint density at radius 2 is 1.93 bits per heavy atom. The number of anilines is 1. The van der Waals surface area contributed by atoms with E-state index >= 15 is 0 Å². The molecule has 2 aromatic heterocycles. The average Bonchev–Trinajstić information content (AvgIpc) is 3.52. The number of hydrogen-bond donors (Lipinski definition) is 5. The predicted molar refractivity (Wildman–Crippen MR) is 158 cm³/mol. The normalized spacial score (nSPS) is 23.9. The molecule has 2 heterocycles. The summed E-state index contributed by atoms with van der Waals surface area (Å²) in [6.45, 7) is 9.68. The van der Waals surface area contributed by atoms with E-state index in [0.717, 1.165) is 36.9 Å². The lowest BCUT2D eigenvalue weighted by Crippen LogP contribution is -2.53. The van der Waals surface area contributed by atoms with Crippen LogP contribution in [0.3, 0.4) is 0 Å². The van der Waals surface area contributed by atoms with Crippen LogP contribution in [0.25, 0.3) is 10.1 Å². The first kappa shape index (κ1) is 27.9. The summed E-state index contributed by atoms with van der Waals surface area (Å²) in [4.78, 5) is 44.6. The third-order valence-corrected chi connectivity index (χ3v) is 9.33. The molecule has 4 atom stereocenters. The van der Waals surface area contributed by atoms with Gasteiger partial charge in [-0.15, -0.1) is 11.3 Å². The molecule has 1 fully saturated rings. The fourth-order valence-electron chi connectivity index (χ4n) is 6.17. The zero-order valence-electron chi connectivity index (χ0n) is 23.0. The van der Waals surface area contributed by atoms with E-state index in [-0.39, 0.29) is 23.9 Å². The number of thiophene rings is 1. The minimum absolute atomic E-state index is 0.207. The number of amides is 2. The minimum Gasteiger partial charge on any atom is -0.398 e. The summed E-state index contributed by atoms with van der Waals surface area (Å²) in [7, 11) is 0. The summed E-state index contributed by atoms with van der Waals surface area (Å²) in [5, 5.41) is 6.61. The standard InChI is InChI=1S/C30H36N6O3S/c1-5-22(37)35-20-7-6-8-21(20)36-29(39)27-24-23-17(9-10-19(31)26(23)40-27)30(33,28(38)25(24)32)18-13-34-16(11-14(2)3)12-15(18)4/h5,9-10,12-14,20-21,25H,1,6-8,11,31-33H2,2-4H3,(H,35,37)(H,36,39)/t20-,21+,25?,30?/m0/s1. The molecule has 1 saturated carbocycles. The van der Waals surface area contributed by atoms with Gasteiger partial charge < -0.3 is 27.8 Å². The Labute approximate surface area is 237 Å². The molecular formula is C30H36N6O3S. The van der Waals surface area contributed by atoms with Crippen LogP contribution in [0, 0.1) is 12.8 Å². The maximum absolute atomic E-state index is 14.1. The van der Waals surface area contributed by atoms with Gasteiger partial charge in [0.15, 0.2) is 5.78 Å². The quantitative estimate of drug-likeness (QED) is 0.219. The van der Waals surface area contributed by atoms with Gasteiger partial charge in [0, 0.05) is 46.2 Å². The van der Waals surface area contributed by atoms with E-state index in [0.29, 0.717) is 43.3 Å². The fraction of sp³-hybridized carbons (Fsp3) is 0.400. The molecule has 2 amide bonds. The van der Waals surface area contributed by atoms with Crippen molar-refractivity contribution in [2.24, 2.45) is 17.4 Å². The van der Waals surface area contributed by atoms with Gasteiger partial charge in [0.1, 0.15) is 5.54 Å². The van der Waals surface area contributed by atoms with Crippen molar-refractivity contribution in [3.05, 3.63) is 69.9 Å². The number of nitrogens with one attached hydrogen (secondary N) is 2. The highest BCUT2D eigenvalue weighted by atomic mass is 32.1. The summed E-state index contributed by atoms with van der Waals surface area (Å²) in [5.74, 6) is -0.608. The number of benzene rings is 1. The second kappa shape index (κ2) is 10.4. The molecule has 1 aromatic carbocycles. The molecule has 8 N–H and O–H groups in total. The van der Waals surface area contributed by atoms with Gasteiger partial charge in [-0.2, -0.15) is 0 Å². The molecule has 5 rings (SSSR count). The Balaban J connectivity index is 1.59. The van der Waals surface area contributed by atoms with Crippen molar-refractivity contribution in [1.29, 1.82) is 0 Å². The van der Waals surface area contributed by atoms with Gasteiger partial charge in [-0.05, 0) is 67.9 Å². The lowest BCUT2D eigenvalue weighted by atomic mass is 9.70. The van der Waals surface area contributed by atoms with Crippen molar-refractivity contribution >= 4 is 44.7 Å². The molecule has 2 unspecified atom stereocenters. The molecule has 0 saturated heterocycles. The van der Waals surface area contributed by atoms with E-state index in [1.165, 1.54) is 17.4 Å². The Morgan fingerprint density at radius 3 is 2.58 bits per heavy atom. The number of nitrogens with two attached hydrogens (primary N) is 3. The molecule has 2 aliphatic rings. The summed E-state index contributed by atoms with van der Waals surface area (Å²) < 4.78 is 0.667. The van der Waals surface area contributed by atoms with Crippen LogP contribution in [0.15, 0.2) is 37.1 Å². The largest absolute Gasteiger partial charge is 0.398 e. The maximum atomic E-state index is 14.1. The Kier molecular flexibility index (Phi) is 7.28. The van der Waals surface area contributed by atoms with Gasteiger partial charge in [-0.1, -0.05) is 26.5 Å². The van der Waals surface area contributed by atoms with E-state index in [1.807, 2.05) is 13.0 Å². The Hall–Kier alpha value is -3.60. The lowest BCUT2D eigenvalue weighted by Gasteiger charge is -2.37. The molecule has 10 heteroatoms. The van der Waals surface area contributed by atoms with Crippen molar-refractivity contribution in [3.8, 4) is 0 Å². The number of ketones is 1. The predicted octanol–water partition coefficient (Wildman–Crippen LogP) is 3.12. The SMILES string of the molecule is C=CC(=O)N[C@H]1CCC[C@H]1NC(=O)c1sc2c(N)ccc3c2c1C(N)C(=O)C3(N)c1cnc(CC(C)C)cc1C. The zero-order chi connectivity index (χ0) is 28.9. The number of aryl methyl sites for hydroxylation is 1. The smallest absolute Gasteiger partial charge is 0.262 e. The third kappa shape index (κ3) is 4.49. The number of nitrogens with zero attached hydrogens (tertiary/aromatic N) is 1. The highest BCUT2D eigenvalue weighted by Crippen LogP contribution is 2.49. The molecule has 0 radical (unpaired) electrons. The first-order valence-electron chi connectivity index (χ1n) is 13.6. The minimum atomic E-state index is -1.55. The first-order chi connectivity index (χ1) is 19.0. The molecule has 210 valence electrons. The van der Waals surface area contributed by atoms with Crippen LogP contribution in [0.4, 0.5) is 5.69 Å². The van der Waals surface area contributed by atoms with Gasteiger partial charge in [-0.25, -0.2) is 0 Å². The van der Waals surface area contributed by atoms with Crippen molar-refractivity contribution < 1.29 is 14.4 Å². The number of hydrogen-bond acceptors (Lipinski definition) is 8. The molecule has 0 aliphatic heterocycles. The molecular weight excluding hydrogens is 524 g/mol. The van der Waals surface area contributed by atoms with Crippen LogP contribution in [-0.4, -0.2) is 34.7 Å². The van der Waals surface area contributed by atoms with E-state index < -0.39 is 17.4 Å². The molecule has 0 bridgehead atoms. The maximum Gasteiger partial charge on any atom is 0.262 e. The number of carbonyl (C=O) groups is 3. The number of aromatic nitrogens is 1. The zero-order valence-corrected chi connectivity index (χ0v) is 23.9. The van der Waals surface area contributed by atoms with Crippen LogP contribution in [0.1, 0.15) is 76.8 Å². The third-order valence-electron chi connectivity index (χ3n) is 8.07. The van der Waals surface area contributed by atoms with Crippen molar-refractivity contribution in [3.63, 3.8) is 0 Å². The summed E-state index contributed by atoms with van der Waals surface area (Å²) in [6, 6.07) is 3.86. The molecule has 9 nitrogen and oxygen atoms in total. The number of Topliss-reactive ketones (excluding diaryl/α,β-unsaturated/α-hetero) is 1. The Bertz CT molecular complexity index is 1550. The highest BCUT2D eigenvalue weighted by Gasteiger charge is 2.49. The van der Waals surface area contributed by atoms with Crippen LogP contribution in [-0.2, 0) is 21.5 Å². The summed E-state index contributed by atoms with van der Waals surface area (Å²) >= 11 is 1.21. The van der Waals surface area contributed by atoms with Gasteiger partial charge in [-0.3, -0.25) is 19.4 Å². The number of pyridine rings is 1. The molecule has 2 aliphatic carbocycles. The van der Waals surface area contributed by atoms with Crippen molar-refractivity contribution in [2.75, 3.05) is 5.73 Å². The fourth-order valence-corrected chi connectivity index (χ4v) is 7.37. The first-order valence-corrected chi connectivity index (χ1v) is 14.4. The monoisotopic (exact) mass is 560 g/mol. The van der Waals surface area contributed by atoms with Gasteiger partial charge in [0.05, 0.1) is 15.6 Å². The molecule has 3 aromatic rings. The van der Waals surface area contributed by atoms with Crippen molar-refractivity contribution in [1.82, 2.24) is 15.6 Å². The molecule has 40 heavy (non-hydrogen) atoms. The van der Waals surface area contributed by atoms with E-state index in [2.05, 4.69) is 36.0 Å². The summed E-state index contributed by atoms with van der Waals surface area (Å²) in [5.41, 5.74) is 22.3. The number of nitrogen functional groups attached to an aromatic ring is 1. The van der Waals surface area contributed by atoms with E-state index in [9.17, 15) is 14.4 Å². The van der Waals surface area contributed by atoms with Crippen LogP contribution in [0.5, 0.6) is 0 Å². The Morgan fingerprint density at radius 1 is 1.23 bits per heavy atom. The highest BCUT2D eigenvalue weighted by molar-refractivity contribution is 7.21. The van der Waals surface area contributed by atoms with E-state index in [4.69, 9.17) is 17.2 Å². The van der Waals surface area contributed by atoms with Gasteiger partial charge in [0.2, 0.25) is 5.91 Å². The van der Waals surface area contributed by atoms with Crippen LogP contribution in [0.2, 0.25) is 0 Å². The topological polar surface area (TPSA) is 166 Å². The lowest BCUT2D eigenvalue weighted by molar-refractivity contribution is -0.124. The second-order valence-electron chi connectivity index (χ2n) is 11.3. The number of carbonyl (C=O) groups excluding carboxylic acids is 3. The van der Waals surface area contributed by atoms with Crippen LogP contribution >= 0.6 is 11.3 Å². The van der Waals surface area contributed by atoms with Gasteiger partial charge >= 0.3 is 0 Å². The number of rotatable bonds is 7.